The molecule has 1 aliphatic carbocycles. The number of ketones is 1. The Morgan fingerprint density at radius 2 is 1.78 bits per heavy atom. The van der Waals surface area contributed by atoms with E-state index in [1.165, 1.54) is 17.5 Å². The Hall–Kier alpha value is -1.11. The molecule has 0 heterocycles. The average molecular weight is 244 g/mol. The molecule has 0 bridgehead atoms. The van der Waals surface area contributed by atoms with Crippen LogP contribution in [0.15, 0.2) is 24.3 Å². The van der Waals surface area contributed by atoms with Gasteiger partial charge in [-0.2, -0.15) is 0 Å². The van der Waals surface area contributed by atoms with Gasteiger partial charge >= 0.3 is 0 Å². The second-order valence-corrected chi connectivity index (χ2v) is 6.56. The molecule has 18 heavy (non-hydrogen) atoms. The van der Waals surface area contributed by atoms with Gasteiger partial charge in [0.15, 0.2) is 0 Å². The molecule has 1 atom stereocenters. The van der Waals surface area contributed by atoms with Crippen molar-refractivity contribution in [3.8, 4) is 0 Å². The lowest BCUT2D eigenvalue weighted by molar-refractivity contribution is -0.124. The highest BCUT2D eigenvalue weighted by Crippen LogP contribution is 2.26. The SMILES string of the molecule is CC(C)(C)c1ccc(CC2CCCCC2=O)cc1. The van der Waals surface area contributed by atoms with Crippen molar-refractivity contribution in [2.75, 3.05) is 0 Å². The minimum atomic E-state index is 0.208. The Morgan fingerprint density at radius 3 is 2.33 bits per heavy atom. The number of benzene rings is 1. The van der Waals surface area contributed by atoms with E-state index in [1.807, 2.05) is 0 Å². The molecular formula is C17H24O. The monoisotopic (exact) mass is 244 g/mol. The van der Waals surface area contributed by atoms with Crippen molar-refractivity contribution in [1.82, 2.24) is 0 Å². The number of carbonyl (C=O) groups excluding carboxylic acids is 1. The van der Waals surface area contributed by atoms with Crippen LogP contribution in [0, 0.1) is 5.92 Å². The molecule has 0 saturated heterocycles. The van der Waals surface area contributed by atoms with Gasteiger partial charge in [0.05, 0.1) is 0 Å². The highest BCUT2D eigenvalue weighted by atomic mass is 16.1. The molecule has 0 aliphatic heterocycles. The summed E-state index contributed by atoms with van der Waals surface area (Å²) < 4.78 is 0. The summed E-state index contributed by atoms with van der Waals surface area (Å²) in [6.45, 7) is 6.69. The molecule has 0 aromatic heterocycles. The molecule has 0 radical (unpaired) electrons. The maximum atomic E-state index is 11.8. The maximum absolute atomic E-state index is 11.8. The average Bonchev–Trinajstić information content (AvgIpc) is 2.32. The molecule has 1 saturated carbocycles. The Balaban J connectivity index is 2.04. The molecule has 1 nitrogen and oxygen atoms in total. The molecule has 1 heteroatoms. The van der Waals surface area contributed by atoms with E-state index in [-0.39, 0.29) is 11.3 Å². The van der Waals surface area contributed by atoms with Gasteiger partial charge in [0.25, 0.3) is 0 Å². The van der Waals surface area contributed by atoms with Gasteiger partial charge < -0.3 is 0 Å². The summed E-state index contributed by atoms with van der Waals surface area (Å²) in [5.41, 5.74) is 2.88. The van der Waals surface area contributed by atoms with E-state index >= 15 is 0 Å². The van der Waals surface area contributed by atoms with E-state index in [1.54, 1.807) is 0 Å². The van der Waals surface area contributed by atoms with Gasteiger partial charge in [-0.15, -0.1) is 0 Å². The first-order valence-corrected chi connectivity index (χ1v) is 7.09. The highest BCUT2D eigenvalue weighted by molar-refractivity contribution is 5.81. The molecule has 1 fully saturated rings. The van der Waals surface area contributed by atoms with Gasteiger partial charge in [-0.05, 0) is 35.8 Å². The first-order valence-electron chi connectivity index (χ1n) is 7.09. The van der Waals surface area contributed by atoms with Crippen LogP contribution in [-0.2, 0) is 16.6 Å². The summed E-state index contributed by atoms with van der Waals surface area (Å²) >= 11 is 0. The predicted molar refractivity (Wildman–Crippen MR) is 75.8 cm³/mol. The minimum Gasteiger partial charge on any atom is -0.299 e. The number of hydrogen-bond donors (Lipinski definition) is 0. The Bertz CT molecular complexity index is 408. The van der Waals surface area contributed by atoms with Crippen LogP contribution in [-0.4, -0.2) is 5.78 Å². The summed E-state index contributed by atoms with van der Waals surface area (Å²) in [6.07, 6.45) is 5.13. The second kappa shape index (κ2) is 5.26. The Kier molecular flexibility index (Phi) is 3.89. The van der Waals surface area contributed by atoms with E-state index in [4.69, 9.17) is 0 Å². The van der Waals surface area contributed by atoms with E-state index in [0.29, 0.717) is 5.78 Å². The van der Waals surface area contributed by atoms with Crippen molar-refractivity contribution in [3.05, 3.63) is 35.4 Å². The maximum Gasteiger partial charge on any atom is 0.136 e. The van der Waals surface area contributed by atoms with E-state index in [2.05, 4.69) is 45.0 Å². The van der Waals surface area contributed by atoms with Crippen molar-refractivity contribution >= 4 is 5.78 Å². The smallest absolute Gasteiger partial charge is 0.136 e. The first kappa shape index (κ1) is 13.3. The molecule has 0 N–H and O–H groups in total. The molecule has 1 aromatic carbocycles. The van der Waals surface area contributed by atoms with Crippen LogP contribution in [0.3, 0.4) is 0 Å². The van der Waals surface area contributed by atoms with E-state index in [9.17, 15) is 4.79 Å². The van der Waals surface area contributed by atoms with Crippen LogP contribution < -0.4 is 0 Å². The first-order chi connectivity index (χ1) is 8.47. The number of Topliss-reactive ketones (excluding diaryl/α,β-unsaturated/α-hetero) is 1. The standard InChI is InChI=1S/C17H24O/c1-17(2,3)15-10-8-13(9-11-15)12-14-6-4-5-7-16(14)18/h8-11,14H,4-7,12H2,1-3H3. The highest BCUT2D eigenvalue weighted by Gasteiger charge is 2.22. The molecule has 1 unspecified atom stereocenters. The van der Waals surface area contributed by atoms with Gasteiger partial charge in [0.2, 0.25) is 0 Å². The van der Waals surface area contributed by atoms with Gasteiger partial charge in [-0.3, -0.25) is 4.79 Å². The zero-order chi connectivity index (χ0) is 13.2. The largest absolute Gasteiger partial charge is 0.299 e. The molecular weight excluding hydrogens is 220 g/mol. The summed E-state index contributed by atoms with van der Waals surface area (Å²) in [5.74, 6) is 0.750. The predicted octanol–water partition coefficient (Wildman–Crippen LogP) is 4.29. The van der Waals surface area contributed by atoms with Crippen molar-refractivity contribution < 1.29 is 4.79 Å². The minimum absolute atomic E-state index is 0.208. The fraction of sp³-hybridized carbons (Fsp3) is 0.588. The van der Waals surface area contributed by atoms with Crippen LogP contribution in [0.5, 0.6) is 0 Å². The summed E-state index contributed by atoms with van der Waals surface area (Å²) in [5, 5.41) is 0. The van der Waals surface area contributed by atoms with Gasteiger partial charge in [0, 0.05) is 12.3 Å². The quantitative estimate of drug-likeness (QED) is 0.758. The van der Waals surface area contributed by atoms with Gasteiger partial charge in [-0.1, -0.05) is 51.5 Å². The second-order valence-electron chi connectivity index (χ2n) is 6.56. The molecule has 2 rings (SSSR count). The van der Waals surface area contributed by atoms with E-state index in [0.717, 1.165) is 25.7 Å². The molecule has 98 valence electrons. The number of hydrogen-bond acceptors (Lipinski definition) is 1. The van der Waals surface area contributed by atoms with Gasteiger partial charge in [0.1, 0.15) is 5.78 Å². The third-order valence-electron chi connectivity index (χ3n) is 3.98. The Morgan fingerprint density at radius 1 is 1.11 bits per heavy atom. The summed E-state index contributed by atoms with van der Waals surface area (Å²) in [7, 11) is 0. The molecule has 0 spiro atoms. The topological polar surface area (TPSA) is 17.1 Å². The van der Waals surface area contributed by atoms with Gasteiger partial charge in [-0.25, -0.2) is 0 Å². The lowest BCUT2D eigenvalue weighted by Gasteiger charge is -2.22. The summed E-state index contributed by atoms with van der Waals surface area (Å²) in [6, 6.07) is 8.82. The summed E-state index contributed by atoms with van der Waals surface area (Å²) in [4.78, 5) is 11.8. The molecule has 0 amide bonds. The fourth-order valence-corrected chi connectivity index (χ4v) is 2.70. The Labute approximate surface area is 111 Å². The zero-order valence-electron chi connectivity index (χ0n) is 11.8. The van der Waals surface area contributed by atoms with Crippen molar-refractivity contribution in [2.24, 2.45) is 5.92 Å². The van der Waals surface area contributed by atoms with Crippen LogP contribution in [0.4, 0.5) is 0 Å². The van der Waals surface area contributed by atoms with Crippen LogP contribution in [0.25, 0.3) is 0 Å². The number of rotatable bonds is 2. The normalized spacial score (nSPS) is 21.1. The van der Waals surface area contributed by atoms with E-state index < -0.39 is 0 Å². The lowest BCUT2D eigenvalue weighted by atomic mass is 9.82. The zero-order valence-corrected chi connectivity index (χ0v) is 11.8. The third-order valence-corrected chi connectivity index (χ3v) is 3.98. The fourth-order valence-electron chi connectivity index (χ4n) is 2.70. The van der Waals surface area contributed by atoms with Crippen molar-refractivity contribution in [2.45, 2.75) is 58.3 Å². The third kappa shape index (κ3) is 3.22. The number of carbonyl (C=O) groups is 1. The lowest BCUT2D eigenvalue weighted by Crippen LogP contribution is -2.21. The molecule has 1 aliphatic rings. The van der Waals surface area contributed by atoms with Crippen molar-refractivity contribution in [3.63, 3.8) is 0 Å². The van der Waals surface area contributed by atoms with Crippen LogP contribution in [0.2, 0.25) is 0 Å². The van der Waals surface area contributed by atoms with Crippen LogP contribution in [0.1, 0.15) is 57.6 Å². The van der Waals surface area contributed by atoms with Crippen molar-refractivity contribution in [1.29, 1.82) is 0 Å². The molecule has 1 aromatic rings. The van der Waals surface area contributed by atoms with Crippen LogP contribution >= 0.6 is 0 Å².